The number of ether oxygens (including phenoxy) is 1. The summed E-state index contributed by atoms with van der Waals surface area (Å²) in [5, 5.41) is 20.4. The lowest BCUT2D eigenvalue weighted by Gasteiger charge is -2.19. The maximum atomic E-state index is 11.1. The summed E-state index contributed by atoms with van der Waals surface area (Å²) in [5.41, 5.74) is -0.538. The molecule has 1 amide bonds. The van der Waals surface area contributed by atoms with Crippen LogP contribution in [-0.2, 0) is 4.74 Å². The van der Waals surface area contributed by atoms with E-state index in [4.69, 9.17) is 14.9 Å². The first-order valence-corrected chi connectivity index (χ1v) is 4.75. The van der Waals surface area contributed by atoms with Gasteiger partial charge in [-0.25, -0.2) is 4.79 Å². The number of hydrogen-bond donors (Lipinski definition) is 3. The molecular weight excluding hydrogens is 198 g/mol. The third kappa shape index (κ3) is 7.81. The van der Waals surface area contributed by atoms with Crippen molar-refractivity contribution in [2.24, 2.45) is 0 Å². The van der Waals surface area contributed by atoms with E-state index in [2.05, 4.69) is 11.9 Å². The number of carbonyl (C=O) groups is 1. The fourth-order valence-corrected chi connectivity index (χ4v) is 0.792. The molecule has 0 aliphatic carbocycles. The number of aliphatic hydroxyl groups is 2. The molecule has 88 valence electrons. The smallest absolute Gasteiger partial charge is 0.407 e. The Kier molecular flexibility index (Phi) is 5.14. The Balaban J connectivity index is 3.69. The van der Waals surface area contributed by atoms with Crippen molar-refractivity contribution in [1.82, 2.24) is 5.32 Å². The van der Waals surface area contributed by atoms with E-state index in [1.54, 1.807) is 20.8 Å². The molecule has 0 radical (unpaired) electrons. The first-order chi connectivity index (χ1) is 6.72. The van der Waals surface area contributed by atoms with Crippen LogP contribution in [0.5, 0.6) is 0 Å². The zero-order valence-electron chi connectivity index (χ0n) is 9.41. The molecule has 0 saturated heterocycles. The van der Waals surface area contributed by atoms with Crippen molar-refractivity contribution in [3.8, 4) is 0 Å². The monoisotopic (exact) mass is 217 g/mol. The minimum Gasteiger partial charge on any atom is -0.510 e. The van der Waals surface area contributed by atoms with E-state index in [9.17, 15) is 4.79 Å². The summed E-state index contributed by atoms with van der Waals surface area (Å²) < 4.78 is 4.96. The van der Waals surface area contributed by atoms with Gasteiger partial charge in [-0.15, -0.1) is 0 Å². The Morgan fingerprint density at radius 2 is 2.07 bits per heavy atom. The normalized spacial score (nSPS) is 13.1. The molecule has 0 aromatic carbocycles. The van der Waals surface area contributed by atoms with Gasteiger partial charge in [-0.2, -0.15) is 0 Å². The van der Waals surface area contributed by atoms with E-state index in [0.717, 1.165) is 0 Å². The first-order valence-electron chi connectivity index (χ1n) is 4.75. The molecule has 0 saturated carbocycles. The largest absolute Gasteiger partial charge is 0.510 e. The molecule has 0 aromatic heterocycles. The maximum absolute atomic E-state index is 11.1. The lowest BCUT2D eigenvalue weighted by atomic mass is 10.2. The summed E-state index contributed by atoms with van der Waals surface area (Å²) in [5.74, 6) is -0.305. The lowest BCUT2D eigenvalue weighted by molar-refractivity contribution is 0.0517. The van der Waals surface area contributed by atoms with E-state index >= 15 is 0 Å². The number of amides is 1. The quantitative estimate of drug-likeness (QED) is 0.621. The third-order valence-corrected chi connectivity index (χ3v) is 1.47. The minimum atomic E-state index is -1.01. The van der Waals surface area contributed by atoms with E-state index in [1.807, 2.05) is 0 Å². The first kappa shape index (κ1) is 13.8. The van der Waals surface area contributed by atoms with Crippen molar-refractivity contribution >= 4 is 6.09 Å². The standard InChI is InChI=1S/C10H19NO4/c1-7(12)8(13)5-6-11-9(14)15-10(2,3)4/h8,12-13H,1,5-6H2,2-4H3,(H,11,14)/t8-/m0/s1. The van der Waals surface area contributed by atoms with Crippen molar-refractivity contribution < 1.29 is 19.7 Å². The predicted octanol–water partition coefficient (Wildman–Crippen LogP) is 1.33. The Morgan fingerprint density at radius 3 is 2.47 bits per heavy atom. The van der Waals surface area contributed by atoms with Crippen molar-refractivity contribution in [3.05, 3.63) is 12.3 Å². The predicted molar refractivity (Wildman–Crippen MR) is 56.6 cm³/mol. The minimum absolute atomic E-state index is 0.203. The van der Waals surface area contributed by atoms with Crippen LogP contribution in [0.1, 0.15) is 27.2 Å². The number of carbonyl (C=O) groups excluding carboxylic acids is 1. The Bertz CT molecular complexity index is 232. The molecule has 0 rings (SSSR count). The molecule has 0 heterocycles. The number of aliphatic hydroxyl groups excluding tert-OH is 2. The van der Waals surface area contributed by atoms with Crippen LogP contribution in [0.3, 0.4) is 0 Å². The lowest BCUT2D eigenvalue weighted by Crippen LogP contribution is -2.34. The second-order valence-electron chi connectivity index (χ2n) is 4.22. The molecule has 0 aliphatic heterocycles. The molecular formula is C10H19NO4. The highest BCUT2D eigenvalue weighted by Crippen LogP contribution is 2.06. The van der Waals surface area contributed by atoms with Gasteiger partial charge in [-0.3, -0.25) is 0 Å². The van der Waals surface area contributed by atoms with Crippen LogP contribution in [0.2, 0.25) is 0 Å². The average molecular weight is 217 g/mol. The highest BCUT2D eigenvalue weighted by atomic mass is 16.6. The van der Waals surface area contributed by atoms with Gasteiger partial charge >= 0.3 is 6.09 Å². The summed E-state index contributed by atoms with van der Waals surface area (Å²) >= 11 is 0. The third-order valence-electron chi connectivity index (χ3n) is 1.47. The van der Waals surface area contributed by atoms with Crippen LogP contribution >= 0.6 is 0 Å². The van der Waals surface area contributed by atoms with Crippen LogP contribution in [0.4, 0.5) is 4.79 Å². The van der Waals surface area contributed by atoms with Crippen LogP contribution in [0.15, 0.2) is 12.3 Å². The van der Waals surface area contributed by atoms with E-state index in [0.29, 0.717) is 0 Å². The summed E-state index contributed by atoms with van der Waals surface area (Å²) in [6.07, 6.45) is -1.35. The van der Waals surface area contributed by atoms with Crippen molar-refractivity contribution in [2.75, 3.05) is 6.54 Å². The highest BCUT2D eigenvalue weighted by molar-refractivity contribution is 5.67. The Hall–Kier alpha value is -1.23. The van der Waals surface area contributed by atoms with Gasteiger partial charge in [-0.05, 0) is 27.2 Å². The zero-order valence-corrected chi connectivity index (χ0v) is 9.41. The SMILES string of the molecule is C=C(O)[C@@H](O)CCNC(=O)OC(C)(C)C. The topological polar surface area (TPSA) is 78.8 Å². The van der Waals surface area contributed by atoms with Gasteiger partial charge < -0.3 is 20.3 Å². The maximum Gasteiger partial charge on any atom is 0.407 e. The van der Waals surface area contributed by atoms with Gasteiger partial charge in [0.2, 0.25) is 0 Å². The molecule has 0 spiro atoms. The van der Waals surface area contributed by atoms with Crippen LogP contribution < -0.4 is 5.32 Å². The van der Waals surface area contributed by atoms with Crippen LogP contribution in [-0.4, -0.2) is 34.6 Å². The molecule has 15 heavy (non-hydrogen) atoms. The molecule has 5 nitrogen and oxygen atoms in total. The molecule has 0 aliphatic rings. The molecule has 3 N–H and O–H groups in total. The van der Waals surface area contributed by atoms with Crippen molar-refractivity contribution in [3.63, 3.8) is 0 Å². The zero-order chi connectivity index (χ0) is 12.1. The van der Waals surface area contributed by atoms with E-state index < -0.39 is 17.8 Å². The second kappa shape index (κ2) is 5.60. The molecule has 0 aromatic rings. The van der Waals surface area contributed by atoms with Gasteiger partial charge in [-0.1, -0.05) is 6.58 Å². The fraction of sp³-hybridized carbons (Fsp3) is 0.700. The van der Waals surface area contributed by atoms with Crippen molar-refractivity contribution in [2.45, 2.75) is 38.9 Å². The molecule has 0 fully saturated rings. The number of alkyl carbamates (subject to hydrolysis) is 1. The van der Waals surface area contributed by atoms with Gasteiger partial charge in [0.05, 0.1) is 0 Å². The van der Waals surface area contributed by atoms with Gasteiger partial charge in [0.25, 0.3) is 0 Å². The second-order valence-corrected chi connectivity index (χ2v) is 4.22. The van der Waals surface area contributed by atoms with Crippen molar-refractivity contribution in [1.29, 1.82) is 0 Å². The molecule has 0 bridgehead atoms. The number of hydrogen-bond acceptors (Lipinski definition) is 4. The molecule has 0 unspecified atom stereocenters. The summed E-state index contributed by atoms with van der Waals surface area (Å²) in [6, 6.07) is 0. The van der Waals surface area contributed by atoms with Crippen LogP contribution in [0.25, 0.3) is 0 Å². The number of rotatable bonds is 4. The highest BCUT2D eigenvalue weighted by Gasteiger charge is 2.16. The Morgan fingerprint density at radius 1 is 1.53 bits per heavy atom. The molecule has 5 heteroatoms. The van der Waals surface area contributed by atoms with Gasteiger partial charge in [0.15, 0.2) is 0 Å². The van der Waals surface area contributed by atoms with E-state index in [1.165, 1.54) is 0 Å². The summed E-state index contributed by atoms with van der Waals surface area (Å²) in [7, 11) is 0. The Labute approximate surface area is 89.7 Å². The van der Waals surface area contributed by atoms with Crippen LogP contribution in [0, 0.1) is 0 Å². The summed E-state index contributed by atoms with van der Waals surface area (Å²) in [6.45, 7) is 8.67. The van der Waals surface area contributed by atoms with Gasteiger partial charge in [0.1, 0.15) is 17.5 Å². The van der Waals surface area contributed by atoms with E-state index in [-0.39, 0.29) is 18.7 Å². The summed E-state index contributed by atoms with van der Waals surface area (Å²) in [4.78, 5) is 11.1. The molecule has 1 atom stereocenters. The van der Waals surface area contributed by atoms with Gasteiger partial charge in [0, 0.05) is 6.54 Å². The number of nitrogens with one attached hydrogen (secondary N) is 1. The fourth-order valence-electron chi connectivity index (χ4n) is 0.792. The average Bonchev–Trinajstić information content (AvgIpc) is 2.00.